The van der Waals surface area contributed by atoms with Crippen molar-refractivity contribution >= 4 is 11.7 Å². The number of rotatable bonds is 5. The van der Waals surface area contributed by atoms with Crippen molar-refractivity contribution in [1.82, 2.24) is 35.0 Å². The molecule has 9 heteroatoms. The number of tetrazole rings is 1. The SMILES string of the molecule is Cn1nc(-c2ccncc2)cc1NC(=O)CCn1cnnn1. The number of aryl methyl sites for hydroxylation is 2. The summed E-state index contributed by atoms with van der Waals surface area (Å²) in [6, 6.07) is 5.56. The second-order valence-corrected chi connectivity index (χ2v) is 4.65. The normalized spacial score (nSPS) is 10.6. The van der Waals surface area contributed by atoms with E-state index in [0.717, 1.165) is 11.3 Å². The number of carbonyl (C=O) groups is 1. The highest BCUT2D eigenvalue weighted by Crippen LogP contribution is 2.20. The number of hydrogen-bond acceptors (Lipinski definition) is 6. The van der Waals surface area contributed by atoms with Crippen LogP contribution >= 0.6 is 0 Å². The topological polar surface area (TPSA) is 103 Å². The van der Waals surface area contributed by atoms with Crippen LogP contribution in [0.1, 0.15) is 6.42 Å². The molecule has 0 aliphatic carbocycles. The highest BCUT2D eigenvalue weighted by Gasteiger charge is 2.10. The molecule has 9 nitrogen and oxygen atoms in total. The van der Waals surface area contributed by atoms with E-state index in [1.807, 2.05) is 18.2 Å². The maximum atomic E-state index is 12.0. The van der Waals surface area contributed by atoms with Crippen molar-refractivity contribution in [3.8, 4) is 11.3 Å². The van der Waals surface area contributed by atoms with E-state index < -0.39 is 0 Å². The van der Waals surface area contributed by atoms with E-state index in [2.05, 4.69) is 30.9 Å². The molecule has 0 fully saturated rings. The lowest BCUT2D eigenvalue weighted by molar-refractivity contribution is -0.116. The van der Waals surface area contributed by atoms with Crippen molar-refractivity contribution < 1.29 is 4.79 Å². The summed E-state index contributed by atoms with van der Waals surface area (Å²) in [5.41, 5.74) is 1.72. The van der Waals surface area contributed by atoms with Crippen LogP contribution in [0.3, 0.4) is 0 Å². The smallest absolute Gasteiger partial charge is 0.227 e. The van der Waals surface area contributed by atoms with Crippen molar-refractivity contribution in [2.75, 3.05) is 5.32 Å². The second kappa shape index (κ2) is 6.12. The molecule has 3 heterocycles. The van der Waals surface area contributed by atoms with E-state index in [4.69, 9.17) is 0 Å². The minimum Gasteiger partial charge on any atom is -0.311 e. The first-order chi connectivity index (χ1) is 10.7. The van der Waals surface area contributed by atoms with Crippen LogP contribution in [0.15, 0.2) is 36.9 Å². The molecule has 3 aromatic rings. The lowest BCUT2D eigenvalue weighted by Gasteiger charge is -2.04. The van der Waals surface area contributed by atoms with Gasteiger partial charge in [-0.05, 0) is 22.6 Å². The number of nitrogens with one attached hydrogen (secondary N) is 1. The van der Waals surface area contributed by atoms with Gasteiger partial charge < -0.3 is 5.32 Å². The summed E-state index contributed by atoms with van der Waals surface area (Å²) in [5.74, 6) is 0.508. The van der Waals surface area contributed by atoms with Gasteiger partial charge in [-0.1, -0.05) is 0 Å². The fraction of sp³-hybridized carbons (Fsp3) is 0.231. The van der Waals surface area contributed by atoms with Crippen LogP contribution in [0.5, 0.6) is 0 Å². The van der Waals surface area contributed by atoms with Crippen LogP contribution in [0.25, 0.3) is 11.3 Å². The molecule has 3 rings (SSSR count). The maximum absolute atomic E-state index is 12.0. The summed E-state index contributed by atoms with van der Waals surface area (Å²) in [7, 11) is 1.78. The first kappa shape index (κ1) is 13.9. The van der Waals surface area contributed by atoms with Crippen LogP contribution in [0.4, 0.5) is 5.82 Å². The molecule has 0 aliphatic heterocycles. The van der Waals surface area contributed by atoms with E-state index in [-0.39, 0.29) is 12.3 Å². The summed E-state index contributed by atoms with van der Waals surface area (Å²) in [6.07, 6.45) is 5.16. The molecule has 22 heavy (non-hydrogen) atoms. The van der Waals surface area contributed by atoms with Crippen molar-refractivity contribution in [2.45, 2.75) is 13.0 Å². The Morgan fingerprint density at radius 2 is 2.14 bits per heavy atom. The zero-order chi connectivity index (χ0) is 15.4. The van der Waals surface area contributed by atoms with Gasteiger partial charge >= 0.3 is 0 Å². The number of hydrogen-bond donors (Lipinski definition) is 1. The van der Waals surface area contributed by atoms with Gasteiger partial charge in [0.25, 0.3) is 0 Å². The van der Waals surface area contributed by atoms with Gasteiger partial charge in [-0.15, -0.1) is 5.10 Å². The van der Waals surface area contributed by atoms with Gasteiger partial charge in [0.15, 0.2) is 0 Å². The average Bonchev–Trinajstić information content (AvgIpc) is 3.17. The summed E-state index contributed by atoms with van der Waals surface area (Å²) < 4.78 is 3.13. The molecule has 0 atom stereocenters. The molecule has 0 unspecified atom stereocenters. The molecule has 3 aromatic heterocycles. The van der Waals surface area contributed by atoms with E-state index in [9.17, 15) is 4.79 Å². The van der Waals surface area contributed by atoms with E-state index in [1.54, 1.807) is 24.1 Å². The number of amides is 1. The summed E-state index contributed by atoms with van der Waals surface area (Å²) in [6.45, 7) is 0.425. The van der Waals surface area contributed by atoms with Crippen LogP contribution in [-0.2, 0) is 18.4 Å². The van der Waals surface area contributed by atoms with Crippen LogP contribution in [0, 0.1) is 0 Å². The fourth-order valence-electron chi connectivity index (χ4n) is 1.95. The monoisotopic (exact) mass is 298 g/mol. The van der Waals surface area contributed by atoms with Crippen molar-refractivity contribution in [2.24, 2.45) is 7.05 Å². The van der Waals surface area contributed by atoms with Crippen LogP contribution in [-0.4, -0.2) is 40.9 Å². The van der Waals surface area contributed by atoms with Gasteiger partial charge in [-0.25, -0.2) is 4.68 Å². The predicted molar refractivity (Wildman–Crippen MR) is 77.5 cm³/mol. The molecular weight excluding hydrogens is 284 g/mol. The van der Waals surface area contributed by atoms with Gasteiger partial charge in [0.05, 0.1) is 12.2 Å². The molecule has 0 bridgehead atoms. The zero-order valence-corrected chi connectivity index (χ0v) is 11.9. The number of pyridine rings is 1. The van der Waals surface area contributed by atoms with Crippen molar-refractivity contribution in [3.05, 3.63) is 36.9 Å². The highest BCUT2D eigenvalue weighted by atomic mass is 16.1. The van der Waals surface area contributed by atoms with Gasteiger partial charge in [-0.3, -0.25) is 14.5 Å². The van der Waals surface area contributed by atoms with Crippen LogP contribution < -0.4 is 5.32 Å². The summed E-state index contributed by atoms with van der Waals surface area (Å²) >= 11 is 0. The van der Waals surface area contributed by atoms with Gasteiger partial charge in [-0.2, -0.15) is 5.10 Å². The molecule has 0 aliphatic rings. The first-order valence-electron chi connectivity index (χ1n) is 6.67. The minimum atomic E-state index is -0.125. The van der Waals surface area contributed by atoms with Gasteiger partial charge in [0.1, 0.15) is 12.1 Å². The van der Waals surface area contributed by atoms with Crippen molar-refractivity contribution in [3.63, 3.8) is 0 Å². The van der Waals surface area contributed by atoms with Gasteiger partial charge in [0, 0.05) is 37.5 Å². The Kier molecular flexibility index (Phi) is 3.86. The fourth-order valence-corrected chi connectivity index (χ4v) is 1.95. The van der Waals surface area contributed by atoms with E-state index in [1.165, 1.54) is 11.0 Å². The maximum Gasteiger partial charge on any atom is 0.227 e. The molecule has 0 saturated heterocycles. The average molecular weight is 298 g/mol. The minimum absolute atomic E-state index is 0.125. The zero-order valence-electron chi connectivity index (χ0n) is 11.9. The number of carbonyl (C=O) groups excluding carboxylic acids is 1. The Morgan fingerprint density at radius 1 is 1.32 bits per heavy atom. The molecular formula is C13H14N8O. The molecule has 0 spiro atoms. The third-order valence-corrected chi connectivity index (χ3v) is 3.08. The molecule has 0 saturated carbocycles. The Hall–Kier alpha value is -3.10. The molecule has 112 valence electrons. The second-order valence-electron chi connectivity index (χ2n) is 4.65. The lowest BCUT2D eigenvalue weighted by atomic mass is 10.2. The summed E-state index contributed by atoms with van der Waals surface area (Å²) in [5, 5.41) is 17.9. The Morgan fingerprint density at radius 3 is 2.86 bits per heavy atom. The standard InChI is InChI=1S/C13H14N8O/c1-20-12(8-11(17-20)10-2-5-14-6-3-10)16-13(22)4-7-21-9-15-18-19-21/h2-3,5-6,8-9H,4,7H2,1H3,(H,16,22). The third-order valence-electron chi connectivity index (χ3n) is 3.08. The number of nitrogens with zero attached hydrogens (tertiary/aromatic N) is 7. The van der Waals surface area contributed by atoms with Crippen LogP contribution in [0.2, 0.25) is 0 Å². The van der Waals surface area contributed by atoms with Crippen molar-refractivity contribution in [1.29, 1.82) is 0 Å². The lowest BCUT2D eigenvalue weighted by Crippen LogP contribution is -2.16. The molecule has 1 amide bonds. The predicted octanol–water partition coefficient (Wildman–Crippen LogP) is 0.497. The third kappa shape index (κ3) is 3.14. The largest absolute Gasteiger partial charge is 0.311 e. The Labute approximate surface area is 126 Å². The van der Waals surface area contributed by atoms with E-state index in [0.29, 0.717) is 12.4 Å². The van der Waals surface area contributed by atoms with E-state index >= 15 is 0 Å². The molecule has 1 N–H and O–H groups in total. The highest BCUT2D eigenvalue weighted by molar-refractivity contribution is 5.90. The molecule has 0 aromatic carbocycles. The first-order valence-corrected chi connectivity index (χ1v) is 6.67. The Bertz CT molecular complexity index is 750. The molecule has 0 radical (unpaired) electrons. The van der Waals surface area contributed by atoms with Gasteiger partial charge in [0.2, 0.25) is 5.91 Å². The summed E-state index contributed by atoms with van der Waals surface area (Å²) in [4.78, 5) is 15.9. The number of aromatic nitrogens is 7. The quantitative estimate of drug-likeness (QED) is 0.735. The number of anilines is 1. The Balaban J connectivity index is 1.65.